The minimum absolute atomic E-state index is 0.156. The molecule has 0 heterocycles. The van der Waals surface area contributed by atoms with Gasteiger partial charge in [-0.2, -0.15) is 0 Å². The molecule has 0 saturated carbocycles. The summed E-state index contributed by atoms with van der Waals surface area (Å²) in [7, 11) is 1.36. The van der Waals surface area contributed by atoms with Crippen LogP contribution in [0.5, 0.6) is 0 Å². The fourth-order valence-electron chi connectivity index (χ4n) is 3.10. The molecule has 0 radical (unpaired) electrons. The van der Waals surface area contributed by atoms with E-state index in [9.17, 15) is 9.59 Å². The zero-order valence-corrected chi connectivity index (χ0v) is 14.2. The lowest BCUT2D eigenvalue weighted by Crippen LogP contribution is -2.31. The van der Waals surface area contributed by atoms with E-state index in [0.717, 1.165) is 36.0 Å². The van der Waals surface area contributed by atoms with Gasteiger partial charge in [-0.3, -0.25) is 0 Å². The summed E-state index contributed by atoms with van der Waals surface area (Å²) in [6.45, 7) is 0.231. The number of carbonyl (C=O) groups is 2. The van der Waals surface area contributed by atoms with Crippen LogP contribution in [0.25, 0.3) is 0 Å². The Morgan fingerprint density at radius 2 is 1.96 bits per heavy atom. The Hall–Kier alpha value is -2.82. The molecule has 5 nitrogen and oxygen atoms in total. The Morgan fingerprint density at radius 3 is 2.72 bits per heavy atom. The number of hydrogen-bond donors (Lipinski definition) is 1. The summed E-state index contributed by atoms with van der Waals surface area (Å²) in [6, 6.07) is 14.9. The summed E-state index contributed by atoms with van der Waals surface area (Å²) in [6.07, 6.45) is 2.28. The van der Waals surface area contributed by atoms with E-state index in [1.54, 1.807) is 6.07 Å². The smallest absolute Gasteiger partial charge is 0.407 e. The summed E-state index contributed by atoms with van der Waals surface area (Å²) in [5.74, 6) is -0.376. The van der Waals surface area contributed by atoms with Gasteiger partial charge in [0.25, 0.3) is 0 Å². The number of rotatable bonds is 4. The monoisotopic (exact) mass is 339 g/mol. The zero-order chi connectivity index (χ0) is 17.6. The highest BCUT2D eigenvalue weighted by atomic mass is 16.5. The maximum atomic E-state index is 12.1. The quantitative estimate of drug-likeness (QED) is 0.861. The van der Waals surface area contributed by atoms with Crippen LogP contribution in [-0.2, 0) is 22.5 Å². The number of aryl methyl sites for hydroxylation is 1. The highest BCUT2D eigenvalue weighted by Crippen LogP contribution is 2.30. The van der Waals surface area contributed by atoms with E-state index in [1.165, 1.54) is 7.11 Å². The average Bonchev–Trinajstić information content (AvgIpc) is 2.66. The van der Waals surface area contributed by atoms with Gasteiger partial charge < -0.3 is 14.8 Å². The van der Waals surface area contributed by atoms with Crippen LogP contribution in [0.4, 0.5) is 4.79 Å². The summed E-state index contributed by atoms with van der Waals surface area (Å²) >= 11 is 0. The number of esters is 1. The molecule has 0 aliphatic heterocycles. The largest absolute Gasteiger partial charge is 0.465 e. The second-order valence-corrected chi connectivity index (χ2v) is 6.06. The lowest BCUT2D eigenvalue weighted by Gasteiger charge is -2.26. The van der Waals surface area contributed by atoms with Crippen molar-refractivity contribution in [2.45, 2.75) is 31.9 Å². The number of hydrogen-bond acceptors (Lipinski definition) is 4. The average molecular weight is 339 g/mol. The molecule has 0 saturated heterocycles. The summed E-state index contributed by atoms with van der Waals surface area (Å²) in [4.78, 5) is 23.9. The Labute approximate surface area is 147 Å². The van der Waals surface area contributed by atoms with Gasteiger partial charge in [0.1, 0.15) is 6.61 Å². The van der Waals surface area contributed by atoms with Crippen molar-refractivity contribution in [3.63, 3.8) is 0 Å². The van der Waals surface area contributed by atoms with Crippen molar-refractivity contribution in [1.82, 2.24) is 5.32 Å². The molecule has 0 bridgehead atoms. The minimum atomic E-state index is -0.454. The van der Waals surface area contributed by atoms with E-state index in [1.807, 2.05) is 42.5 Å². The van der Waals surface area contributed by atoms with E-state index < -0.39 is 6.09 Å². The summed E-state index contributed by atoms with van der Waals surface area (Å²) in [5.41, 5.74) is 3.54. The molecule has 0 aromatic heterocycles. The van der Waals surface area contributed by atoms with Gasteiger partial charge in [0.15, 0.2) is 0 Å². The second-order valence-electron chi connectivity index (χ2n) is 6.06. The first-order chi connectivity index (χ1) is 12.2. The number of methoxy groups -OCH3 is 1. The lowest BCUT2D eigenvalue weighted by atomic mass is 9.86. The molecule has 1 atom stereocenters. The predicted octanol–water partition coefficient (Wildman–Crippen LogP) is 3.78. The zero-order valence-electron chi connectivity index (χ0n) is 14.2. The Kier molecular flexibility index (Phi) is 5.33. The molecule has 1 N–H and O–H groups in total. The Morgan fingerprint density at radius 1 is 1.16 bits per heavy atom. The summed E-state index contributed by atoms with van der Waals surface area (Å²) in [5, 5.41) is 2.92. The van der Waals surface area contributed by atoms with Crippen molar-refractivity contribution in [2.75, 3.05) is 7.11 Å². The molecule has 2 aromatic carbocycles. The number of benzene rings is 2. The Balaban J connectivity index is 1.67. The van der Waals surface area contributed by atoms with Crippen LogP contribution in [0.15, 0.2) is 48.5 Å². The van der Waals surface area contributed by atoms with Gasteiger partial charge in [-0.15, -0.1) is 0 Å². The van der Waals surface area contributed by atoms with Gasteiger partial charge in [-0.1, -0.05) is 36.4 Å². The van der Waals surface area contributed by atoms with Crippen LogP contribution in [0.3, 0.4) is 0 Å². The van der Waals surface area contributed by atoms with E-state index in [4.69, 9.17) is 9.47 Å². The van der Waals surface area contributed by atoms with Gasteiger partial charge >= 0.3 is 12.1 Å². The second kappa shape index (κ2) is 7.83. The Bertz CT molecular complexity index is 758. The molecule has 3 rings (SSSR count). The molecule has 1 aliphatic rings. The molecular formula is C20H21NO4. The topological polar surface area (TPSA) is 64.6 Å². The standard InChI is InChI=1S/C20H21NO4/c1-24-19(22)16-11-10-15-8-5-9-18(17(15)12-16)21-20(23)25-13-14-6-3-2-4-7-14/h2-4,6-7,10-12,18H,5,8-9,13H2,1H3,(H,21,23). The van der Waals surface area contributed by atoms with Crippen molar-refractivity contribution in [3.8, 4) is 0 Å². The molecule has 2 aromatic rings. The molecule has 0 spiro atoms. The van der Waals surface area contributed by atoms with Gasteiger partial charge in [0.2, 0.25) is 0 Å². The third-order valence-corrected chi connectivity index (χ3v) is 4.39. The SMILES string of the molecule is COC(=O)c1ccc2c(c1)C(NC(=O)OCc1ccccc1)CCC2. The van der Waals surface area contributed by atoms with Crippen LogP contribution in [-0.4, -0.2) is 19.2 Å². The van der Waals surface area contributed by atoms with Crippen LogP contribution in [0.2, 0.25) is 0 Å². The molecule has 25 heavy (non-hydrogen) atoms. The van der Waals surface area contributed by atoms with Crippen molar-refractivity contribution >= 4 is 12.1 Å². The maximum absolute atomic E-state index is 12.1. The number of amides is 1. The maximum Gasteiger partial charge on any atom is 0.407 e. The number of carbonyl (C=O) groups excluding carboxylic acids is 2. The van der Waals surface area contributed by atoms with Crippen LogP contribution in [0, 0.1) is 0 Å². The van der Waals surface area contributed by atoms with Crippen LogP contribution in [0.1, 0.15) is 45.9 Å². The molecule has 0 fully saturated rings. The van der Waals surface area contributed by atoms with Crippen molar-refractivity contribution in [3.05, 3.63) is 70.8 Å². The van der Waals surface area contributed by atoms with E-state index in [2.05, 4.69) is 5.32 Å². The number of alkyl carbamates (subject to hydrolysis) is 1. The van der Waals surface area contributed by atoms with Crippen molar-refractivity contribution in [2.24, 2.45) is 0 Å². The highest BCUT2D eigenvalue weighted by molar-refractivity contribution is 5.89. The number of nitrogens with one attached hydrogen (secondary N) is 1. The molecule has 1 unspecified atom stereocenters. The van der Waals surface area contributed by atoms with E-state index >= 15 is 0 Å². The van der Waals surface area contributed by atoms with E-state index in [-0.39, 0.29) is 18.6 Å². The lowest BCUT2D eigenvalue weighted by molar-refractivity contribution is 0.0600. The molecule has 130 valence electrons. The van der Waals surface area contributed by atoms with Crippen LogP contribution >= 0.6 is 0 Å². The first-order valence-corrected chi connectivity index (χ1v) is 8.35. The molecular weight excluding hydrogens is 318 g/mol. The van der Waals surface area contributed by atoms with Crippen molar-refractivity contribution < 1.29 is 19.1 Å². The first-order valence-electron chi connectivity index (χ1n) is 8.35. The normalized spacial score (nSPS) is 15.8. The van der Waals surface area contributed by atoms with Gasteiger partial charge in [0.05, 0.1) is 18.7 Å². The minimum Gasteiger partial charge on any atom is -0.465 e. The van der Waals surface area contributed by atoms with Crippen molar-refractivity contribution in [1.29, 1.82) is 0 Å². The highest BCUT2D eigenvalue weighted by Gasteiger charge is 2.23. The van der Waals surface area contributed by atoms with Gasteiger partial charge in [-0.25, -0.2) is 9.59 Å². The van der Waals surface area contributed by atoms with Gasteiger partial charge in [-0.05, 0) is 48.1 Å². The van der Waals surface area contributed by atoms with Gasteiger partial charge in [0, 0.05) is 0 Å². The fraction of sp³-hybridized carbons (Fsp3) is 0.300. The van der Waals surface area contributed by atoms with E-state index in [0.29, 0.717) is 5.56 Å². The molecule has 1 aliphatic carbocycles. The molecule has 5 heteroatoms. The number of ether oxygens (including phenoxy) is 2. The third kappa shape index (κ3) is 4.18. The summed E-state index contributed by atoms with van der Waals surface area (Å²) < 4.78 is 10.1. The fourth-order valence-corrected chi connectivity index (χ4v) is 3.10. The number of fused-ring (bicyclic) bond motifs is 1. The first kappa shape index (κ1) is 17.0. The van der Waals surface area contributed by atoms with Crippen LogP contribution < -0.4 is 5.32 Å². The predicted molar refractivity (Wildman–Crippen MR) is 93.2 cm³/mol. The third-order valence-electron chi connectivity index (χ3n) is 4.39. The molecule has 1 amide bonds.